The summed E-state index contributed by atoms with van der Waals surface area (Å²) in [6.45, 7) is 0.254. The molecule has 0 atom stereocenters. The number of amides is 1. The van der Waals surface area contributed by atoms with Crippen LogP contribution in [0.4, 0.5) is 0 Å². The number of rotatable bonds is 5. The van der Waals surface area contributed by atoms with E-state index in [1.165, 1.54) is 11.0 Å². The van der Waals surface area contributed by atoms with Gasteiger partial charge in [-0.2, -0.15) is 0 Å². The van der Waals surface area contributed by atoms with Crippen LogP contribution in [0.25, 0.3) is 0 Å². The molecule has 2 aromatic carbocycles. The van der Waals surface area contributed by atoms with Gasteiger partial charge in [-0.1, -0.05) is 12.1 Å². The zero-order valence-electron chi connectivity index (χ0n) is 12.4. The molecular weight excluding hydrogens is 282 g/mol. The van der Waals surface area contributed by atoms with Crippen LogP contribution in [-0.4, -0.2) is 36.3 Å². The SMILES string of the molecule is CN(C)C(=O)c1ccc(COc2ccc(C=O)cc2O)cc1. The summed E-state index contributed by atoms with van der Waals surface area (Å²) < 4.78 is 5.51. The minimum Gasteiger partial charge on any atom is -0.504 e. The zero-order valence-corrected chi connectivity index (χ0v) is 12.4. The van der Waals surface area contributed by atoms with E-state index in [1.54, 1.807) is 50.5 Å². The number of ether oxygens (including phenoxy) is 1. The molecule has 0 aliphatic heterocycles. The van der Waals surface area contributed by atoms with Crippen molar-refractivity contribution in [3.8, 4) is 11.5 Å². The monoisotopic (exact) mass is 299 g/mol. The van der Waals surface area contributed by atoms with E-state index in [9.17, 15) is 14.7 Å². The number of carbonyl (C=O) groups is 2. The van der Waals surface area contributed by atoms with E-state index in [4.69, 9.17) is 4.74 Å². The van der Waals surface area contributed by atoms with Crippen LogP contribution in [0, 0.1) is 0 Å². The fraction of sp³-hybridized carbons (Fsp3) is 0.176. The van der Waals surface area contributed by atoms with Crippen molar-refractivity contribution in [2.45, 2.75) is 6.61 Å². The Labute approximate surface area is 128 Å². The average Bonchev–Trinajstić information content (AvgIpc) is 2.53. The number of benzene rings is 2. The Morgan fingerprint density at radius 2 is 1.86 bits per heavy atom. The van der Waals surface area contributed by atoms with Crippen LogP contribution in [0.1, 0.15) is 26.3 Å². The molecule has 0 fully saturated rings. The molecule has 1 N–H and O–H groups in total. The topological polar surface area (TPSA) is 66.8 Å². The molecule has 114 valence electrons. The molecule has 0 saturated carbocycles. The molecule has 0 bridgehead atoms. The summed E-state index contributed by atoms with van der Waals surface area (Å²) in [5.74, 6) is 0.164. The summed E-state index contributed by atoms with van der Waals surface area (Å²) >= 11 is 0. The zero-order chi connectivity index (χ0) is 16.1. The third-order valence-corrected chi connectivity index (χ3v) is 3.12. The van der Waals surface area contributed by atoms with E-state index in [0.29, 0.717) is 23.2 Å². The van der Waals surface area contributed by atoms with Crippen molar-refractivity contribution in [1.29, 1.82) is 0 Å². The van der Waals surface area contributed by atoms with E-state index in [2.05, 4.69) is 0 Å². The van der Waals surface area contributed by atoms with Gasteiger partial charge >= 0.3 is 0 Å². The number of phenols is 1. The second kappa shape index (κ2) is 6.76. The molecule has 5 nitrogen and oxygen atoms in total. The van der Waals surface area contributed by atoms with Gasteiger partial charge in [-0.3, -0.25) is 9.59 Å². The standard InChI is InChI=1S/C17H17NO4/c1-18(2)17(21)14-6-3-12(4-7-14)11-22-16-8-5-13(10-19)9-15(16)20/h3-10,20H,11H2,1-2H3. The number of aldehydes is 1. The molecule has 22 heavy (non-hydrogen) atoms. The Balaban J connectivity index is 2.03. The van der Waals surface area contributed by atoms with Gasteiger partial charge in [-0.25, -0.2) is 0 Å². The molecule has 0 saturated heterocycles. The molecule has 0 aromatic heterocycles. The maximum atomic E-state index is 11.8. The summed E-state index contributed by atoms with van der Waals surface area (Å²) in [7, 11) is 3.40. The fourth-order valence-electron chi connectivity index (χ4n) is 1.89. The summed E-state index contributed by atoms with van der Waals surface area (Å²) in [5, 5.41) is 9.74. The van der Waals surface area contributed by atoms with Gasteiger partial charge < -0.3 is 14.7 Å². The number of phenolic OH excluding ortho intramolecular Hbond substituents is 1. The molecule has 5 heteroatoms. The number of carbonyl (C=O) groups excluding carboxylic acids is 2. The van der Waals surface area contributed by atoms with Crippen molar-refractivity contribution >= 4 is 12.2 Å². The van der Waals surface area contributed by atoms with Crippen LogP contribution in [0.3, 0.4) is 0 Å². The summed E-state index contributed by atoms with van der Waals surface area (Å²) in [6, 6.07) is 11.5. The summed E-state index contributed by atoms with van der Waals surface area (Å²) in [5.41, 5.74) is 1.86. The van der Waals surface area contributed by atoms with Gasteiger partial charge in [0.2, 0.25) is 0 Å². The molecule has 0 aliphatic carbocycles. The van der Waals surface area contributed by atoms with Gasteiger partial charge in [0.1, 0.15) is 12.9 Å². The molecular formula is C17H17NO4. The van der Waals surface area contributed by atoms with E-state index in [-0.39, 0.29) is 18.3 Å². The van der Waals surface area contributed by atoms with Crippen LogP contribution >= 0.6 is 0 Å². The number of hydrogen-bond acceptors (Lipinski definition) is 4. The van der Waals surface area contributed by atoms with Crippen molar-refractivity contribution in [3.05, 3.63) is 59.2 Å². The fourth-order valence-corrected chi connectivity index (χ4v) is 1.89. The van der Waals surface area contributed by atoms with Gasteiger partial charge in [-0.05, 0) is 35.9 Å². The first kappa shape index (κ1) is 15.6. The Morgan fingerprint density at radius 3 is 2.41 bits per heavy atom. The average molecular weight is 299 g/mol. The highest BCUT2D eigenvalue weighted by atomic mass is 16.5. The Bertz CT molecular complexity index is 678. The van der Waals surface area contributed by atoms with Gasteiger partial charge in [0.05, 0.1) is 0 Å². The third kappa shape index (κ3) is 3.63. The van der Waals surface area contributed by atoms with Gasteiger partial charge in [-0.15, -0.1) is 0 Å². The van der Waals surface area contributed by atoms with Crippen LogP contribution in [-0.2, 0) is 6.61 Å². The lowest BCUT2D eigenvalue weighted by Crippen LogP contribution is -2.21. The molecule has 0 aliphatic rings. The van der Waals surface area contributed by atoms with Crippen molar-refractivity contribution in [1.82, 2.24) is 4.90 Å². The van der Waals surface area contributed by atoms with E-state index in [1.807, 2.05) is 0 Å². The first-order chi connectivity index (χ1) is 10.5. The van der Waals surface area contributed by atoms with Crippen LogP contribution < -0.4 is 4.74 Å². The predicted molar refractivity (Wildman–Crippen MR) is 82.3 cm³/mol. The van der Waals surface area contributed by atoms with E-state index < -0.39 is 0 Å². The van der Waals surface area contributed by atoms with Crippen molar-refractivity contribution < 1.29 is 19.4 Å². The maximum absolute atomic E-state index is 11.8. The van der Waals surface area contributed by atoms with Crippen molar-refractivity contribution in [2.24, 2.45) is 0 Å². The van der Waals surface area contributed by atoms with Crippen LogP contribution in [0.5, 0.6) is 11.5 Å². The quantitative estimate of drug-likeness (QED) is 0.861. The van der Waals surface area contributed by atoms with E-state index >= 15 is 0 Å². The highest BCUT2D eigenvalue weighted by molar-refractivity contribution is 5.93. The normalized spacial score (nSPS) is 10.1. The highest BCUT2D eigenvalue weighted by Gasteiger charge is 2.08. The van der Waals surface area contributed by atoms with Crippen molar-refractivity contribution in [2.75, 3.05) is 14.1 Å². The first-order valence-electron chi connectivity index (χ1n) is 6.73. The first-order valence-corrected chi connectivity index (χ1v) is 6.73. The Morgan fingerprint density at radius 1 is 1.18 bits per heavy atom. The maximum Gasteiger partial charge on any atom is 0.253 e. The lowest BCUT2D eigenvalue weighted by Gasteiger charge is -2.11. The summed E-state index contributed by atoms with van der Waals surface area (Å²) in [4.78, 5) is 23.9. The molecule has 1 amide bonds. The lowest BCUT2D eigenvalue weighted by atomic mass is 10.1. The third-order valence-electron chi connectivity index (χ3n) is 3.12. The molecule has 0 radical (unpaired) electrons. The van der Waals surface area contributed by atoms with Gasteiger partial charge in [0, 0.05) is 25.2 Å². The van der Waals surface area contributed by atoms with E-state index in [0.717, 1.165) is 5.56 Å². The van der Waals surface area contributed by atoms with Crippen molar-refractivity contribution in [3.63, 3.8) is 0 Å². The minimum atomic E-state index is -0.0796. The molecule has 2 rings (SSSR count). The lowest BCUT2D eigenvalue weighted by molar-refractivity contribution is 0.0827. The largest absolute Gasteiger partial charge is 0.504 e. The number of nitrogens with zero attached hydrogens (tertiary/aromatic N) is 1. The molecule has 2 aromatic rings. The molecule has 0 spiro atoms. The van der Waals surface area contributed by atoms with Gasteiger partial charge in [0.25, 0.3) is 5.91 Å². The predicted octanol–water partition coefficient (Wildman–Crippen LogP) is 2.49. The van der Waals surface area contributed by atoms with Crippen LogP contribution in [0.15, 0.2) is 42.5 Å². The number of hydrogen-bond donors (Lipinski definition) is 1. The summed E-state index contributed by atoms with van der Waals surface area (Å²) in [6.07, 6.45) is 0.657. The van der Waals surface area contributed by atoms with Crippen LogP contribution in [0.2, 0.25) is 0 Å². The minimum absolute atomic E-state index is 0.0606. The van der Waals surface area contributed by atoms with Gasteiger partial charge in [0.15, 0.2) is 11.5 Å². The highest BCUT2D eigenvalue weighted by Crippen LogP contribution is 2.27. The molecule has 0 unspecified atom stereocenters. The Hall–Kier alpha value is -2.82. The Kier molecular flexibility index (Phi) is 4.78. The number of aromatic hydroxyl groups is 1. The smallest absolute Gasteiger partial charge is 0.253 e. The second-order valence-corrected chi connectivity index (χ2v) is 5.03. The molecule has 0 heterocycles. The second-order valence-electron chi connectivity index (χ2n) is 5.03.